The lowest BCUT2D eigenvalue weighted by molar-refractivity contribution is 0.0924. The second kappa shape index (κ2) is 7.56. The SMILES string of the molecule is Cc1ccc(S(=O)(=O)NC(C)(C)C)cc1C(=O)N[C@H]1CCOc2ccccc21. The van der Waals surface area contributed by atoms with Crippen LogP contribution in [0, 0.1) is 6.92 Å². The van der Waals surface area contributed by atoms with Gasteiger partial charge in [-0.25, -0.2) is 13.1 Å². The van der Waals surface area contributed by atoms with Crippen molar-refractivity contribution in [3.63, 3.8) is 0 Å². The van der Waals surface area contributed by atoms with Gasteiger partial charge in [-0.2, -0.15) is 0 Å². The van der Waals surface area contributed by atoms with Gasteiger partial charge in [0.25, 0.3) is 5.91 Å². The summed E-state index contributed by atoms with van der Waals surface area (Å²) in [6.07, 6.45) is 0.658. The van der Waals surface area contributed by atoms with Crippen molar-refractivity contribution in [1.82, 2.24) is 10.0 Å². The standard InChI is InChI=1S/C21H26N2O4S/c1-14-9-10-15(28(25,26)23-21(2,3)4)13-17(14)20(24)22-18-11-12-27-19-8-6-5-7-16(18)19/h5-10,13,18,23H,11-12H2,1-4H3,(H,22,24)/t18-/m0/s1. The summed E-state index contributed by atoms with van der Waals surface area (Å²) in [6.45, 7) is 7.63. The van der Waals surface area contributed by atoms with Crippen LogP contribution in [0.25, 0.3) is 0 Å². The Bertz CT molecular complexity index is 994. The minimum Gasteiger partial charge on any atom is -0.493 e. The number of benzene rings is 2. The molecule has 0 unspecified atom stereocenters. The predicted molar refractivity (Wildman–Crippen MR) is 108 cm³/mol. The van der Waals surface area contributed by atoms with Crippen molar-refractivity contribution in [3.05, 3.63) is 59.2 Å². The van der Waals surface area contributed by atoms with E-state index >= 15 is 0 Å². The Balaban J connectivity index is 1.87. The largest absolute Gasteiger partial charge is 0.493 e. The predicted octanol–water partition coefficient (Wildman–Crippen LogP) is 3.33. The maximum Gasteiger partial charge on any atom is 0.252 e. The Morgan fingerprint density at radius 3 is 2.57 bits per heavy atom. The lowest BCUT2D eigenvalue weighted by Crippen LogP contribution is -2.40. The van der Waals surface area contributed by atoms with Gasteiger partial charge in [-0.15, -0.1) is 0 Å². The van der Waals surface area contributed by atoms with Gasteiger partial charge < -0.3 is 10.1 Å². The molecular weight excluding hydrogens is 376 g/mol. The number of nitrogens with one attached hydrogen (secondary N) is 2. The summed E-state index contributed by atoms with van der Waals surface area (Å²) in [7, 11) is -3.72. The summed E-state index contributed by atoms with van der Waals surface area (Å²) >= 11 is 0. The van der Waals surface area contributed by atoms with Crippen LogP contribution in [0.1, 0.15) is 54.7 Å². The first kappa shape index (κ1) is 20.4. The number of hydrogen-bond donors (Lipinski definition) is 2. The molecular formula is C21H26N2O4S. The highest BCUT2D eigenvalue weighted by Crippen LogP contribution is 2.32. The van der Waals surface area contributed by atoms with Crippen LogP contribution in [-0.4, -0.2) is 26.5 Å². The van der Waals surface area contributed by atoms with Crippen LogP contribution in [0.2, 0.25) is 0 Å². The van der Waals surface area contributed by atoms with E-state index in [1.54, 1.807) is 33.8 Å². The highest BCUT2D eigenvalue weighted by molar-refractivity contribution is 7.89. The molecule has 0 saturated heterocycles. The number of ether oxygens (including phenoxy) is 1. The number of aryl methyl sites for hydroxylation is 1. The van der Waals surface area contributed by atoms with Crippen molar-refractivity contribution in [1.29, 1.82) is 0 Å². The Kier molecular flexibility index (Phi) is 5.50. The molecule has 0 radical (unpaired) electrons. The Hall–Kier alpha value is -2.38. The fourth-order valence-electron chi connectivity index (χ4n) is 3.20. The van der Waals surface area contributed by atoms with Gasteiger partial charge >= 0.3 is 0 Å². The molecule has 28 heavy (non-hydrogen) atoms. The third kappa shape index (κ3) is 4.54. The van der Waals surface area contributed by atoms with Crippen molar-refractivity contribution in [2.45, 2.75) is 50.6 Å². The molecule has 1 atom stereocenters. The van der Waals surface area contributed by atoms with Gasteiger partial charge in [0.05, 0.1) is 17.5 Å². The number of carbonyl (C=O) groups excluding carboxylic acids is 1. The fraction of sp³-hybridized carbons (Fsp3) is 0.381. The smallest absolute Gasteiger partial charge is 0.252 e. The topological polar surface area (TPSA) is 84.5 Å². The number of hydrogen-bond acceptors (Lipinski definition) is 4. The number of amides is 1. The third-order valence-corrected chi connectivity index (χ3v) is 6.22. The molecule has 0 saturated carbocycles. The Morgan fingerprint density at radius 1 is 1.14 bits per heavy atom. The normalized spacial score (nSPS) is 16.8. The van der Waals surface area contributed by atoms with Gasteiger partial charge in [-0.1, -0.05) is 24.3 Å². The first-order valence-corrected chi connectivity index (χ1v) is 10.7. The van der Waals surface area contributed by atoms with Crippen LogP contribution in [-0.2, 0) is 10.0 Å². The Labute approximate surface area is 166 Å². The summed E-state index contributed by atoms with van der Waals surface area (Å²) in [6, 6.07) is 12.0. The van der Waals surface area contributed by atoms with Crippen LogP contribution in [0.4, 0.5) is 0 Å². The van der Waals surface area contributed by atoms with Crippen LogP contribution < -0.4 is 14.8 Å². The maximum absolute atomic E-state index is 12.9. The van der Waals surface area contributed by atoms with E-state index in [9.17, 15) is 13.2 Å². The van der Waals surface area contributed by atoms with Crippen LogP contribution in [0.15, 0.2) is 47.4 Å². The van der Waals surface area contributed by atoms with Crippen molar-refractivity contribution in [2.75, 3.05) is 6.61 Å². The van der Waals surface area contributed by atoms with Crippen LogP contribution in [0.3, 0.4) is 0 Å². The molecule has 7 heteroatoms. The number of fused-ring (bicyclic) bond motifs is 1. The van der Waals surface area contributed by atoms with Crippen LogP contribution in [0.5, 0.6) is 5.75 Å². The van der Waals surface area contributed by atoms with Crippen molar-refractivity contribution in [3.8, 4) is 5.75 Å². The first-order chi connectivity index (χ1) is 13.1. The van der Waals surface area contributed by atoms with E-state index < -0.39 is 15.6 Å². The molecule has 1 aliphatic rings. The highest BCUT2D eigenvalue weighted by Gasteiger charge is 2.26. The number of carbonyl (C=O) groups is 1. The molecule has 2 N–H and O–H groups in total. The molecule has 0 bridgehead atoms. The molecule has 6 nitrogen and oxygen atoms in total. The second-order valence-electron chi connectivity index (χ2n) is 8.03. The van der Waals surface area contributed by atoms with E-state index in [4.69, 9.17) is 4.74 Å². The summed E-state index contributed by atoms with van der Waals surface area (Å²) < 4.78 is 33.5. The van der Waals surface area contributed by atoms with Gasteiger partial charge in [0, 0.05) is 23.1 Å². The van der Waals surface area contributed by atoms with E-state index in [0.29, 0.717) is 24.2 Å². The van der Waals surface area contributed by atoms with Crippen molar-refractivity contribution < 1.29 is 17.9 Å². The molecule has 0 aromatic heterocycles. The van der Waals surface area contributed by atoms with E-state index in [1.807, 2.05) is 24.3 Å². The molecule has 2 aromatic carbocycles. The fourth-order valence-corrected chi connectivity index (χ4v) is 4.65. The lowest BCUT2D eigenvalue weighted by atomic mass is 9.99. The van der Waals surface area contributed by atoms with Gasteiger partial charge in [-0.3, -0.25) is 4.79 Å². The molecule has 0 spiro atoms. The average molecular weight is 403 g/mol. The molecule has 1 amide bonds. The zero-order valence-electron chi connectivity index (χ0n) is 16.6. The third-order valence-electron chi connectivity index (χ3n) is 4.47. The number of sulfonamides is 1. The summed E-state index contributed by atoms with van der Waals surface area (Å²) in [5.74, 6) is 0.466. The van der Waals surface area contributed by atoms with Gasteiger partial charge in [0.15, 0.2) is 0 Å². The molecule has 150 valence electrons. The van der Waals surface area contributed by atoms with E-state index in [2.05, 4.69) is 10.0 Å². The van der Waals surface area contributed by atoms with Crippen molar-refractivity contribution >= 4 is 15.9 Å². The average Bonchev–Trinajstić information content (AvgIpc) is 2.60. The summed E-state index contributed by atoms with van der Waals surface area (Å²) in [5, 5.41) is 3.02. The molecule has 2 aromatic rings. The van der Waals surface area contributed by atoms with Crippen LogP contribution >= 0.6 is 0 Å². The molecule has 0 fully saturated rings. The van der Waals surface area contributed by atoms with Gasteiger partial charge in [-0.05, 0) is 51.5 Å². The molecule has 0 aliphatic carbocycles. The lowest BCUT2D eigenvalue weighted by Gasteiger charge is -2.27. The zero-order valence-corrected chi connectivity index (χ0v) is 17.4. The highest BCUT2D eigenvalue weighted by atomic mass is 32.2. The molecule has 3 rings (SSSR count). The van der Waals surface area contributed by atoms with Crippen molar-refractivity contribution in [2.24, 2.45) is 0 Å². The van der Waals surface area contributed by atoms with E-state index in [1.165, 1.54) is 12.1 Å². The summed E-state index contributed by atoms with van der Waals surface area (Å²) in [4.78, 5) is 13.0. The first-order valence-electron chi connectivity index (χ1n) is 9.24. The van der Waals surface area contributed by atoms with E-state index in [-0.39, 0.29) is 16.8 Å². The van der Waals surface area contributed by atoms with Gasteiger partial charge in [0.1, 0.15) is 5.75 Å². The minimum atomic E-state index is -3.72. The molecule has 1 heterocycles. The maximum atomic E-state index is 12.9. The van der Waals surface area contributed by atoms with Gasteiger partial charge in [0.2, 0.25) is 10.0 Å². The number of rotatable bonds is 4. The zero-order chi connectivity index (χ0) is 20.5. The summed E-state index contributed by atoms with van der Waals surface area (Å²) in [5.41, 5.74) is 1.38. The Morgan fingerprint density at radius 2 is 1.86 bits per heavy atom. The molecule has 1 aliphatic heterocycles. The van der Waals surface area contributed by atoms with E-state index in [0.717, 1.165) is 11.3 Å². The monoisotopic (exact) mass is 402 g/mol. The number of para-hydroxylation sites is 1. The second-order valence-corrected chi connectivity index (χ2v) is 9.72. The quantitative estimate of drug-likeness (QED) is 0.822. The minimum absolute atomic E-state index is 0.0746.